The van der Waals surface area contributed by atoms with Gasteiger partial charge in [0.2, 0.25) is 5.91 Å². The molecule has 8 nitrogen and oxygen atoms in total. The molecule has 2 N–H and O–H groups in total. The summed E-state index contributed by atoms with van der Waals surface area (Å²) in [4.78, 5) is 24.3. The van der Waals surface area contributed by atoms with Crippen molar-refractivity contribution in [3.63, 3.8) is 0 Å². The Bertz CT molecular complexity index is 853. The normalized spacial score (nSPS) is 13.3. The van der Waals surface area contributed by atoms with Gasteiger partial charge in [0, 0.05) is 17.5 Å². The Morgan fingerprint density at radius 1 is 1.33 bits per heavy atom. The molecular formula is C17H20ClN5O3S. The van der Waals surface area contributed by atoms with Gasteiger partial charge in [0.25, 0.3) is 5.91 Å². The average molecular weight is 410 g/mol. The number of amides is 2. The number of carbonyl (C=O) groups is 2. The Labute approximate surface area is 166 Å². The Balaban J connectivity index is 1.53. The molecule has 0 bridgehead atoms. The predicted molar refractivity (Wildman–Crippen MR) is 102 cm³/mol. The van der Waals surface area contributed by atoms with Crippen molar-refractivity contribution in [3.8, 4) is 5.75 Å². The highest BCUT2D eigenvalue weighted by molar-refractivity contribution is 7.99. The minimum atomic E-state index is -0.513. The number of halogens is 1. The second-order valence-electron chi connectivity index (χ2n) is 5.99. The lowest BCUT2D eigenvalue weighted by Crippen LogP contribution is -2.42. The molecule has 1 saturated carbocycles. The van der Waals surface area contributed by atoms with Crippen LogP contribution >= 0.6 is 23.4 Å². The molecular weight excluding hydrogens is 390 g/mol. The molecule has 0 radical (unpaired) electrons. The molecule has 10 heteroatoms. The monoisotopic (exact) mass is 409 g/mol. The Morgan fingerprint density at radius 2 is 2.11 bits per heavy atom. The lowest BCUT2D eigenvalue weighted by atomic mass is 10.2. The van der Waals surface area contributed by atoms with Gasteiger partial charge >= 0.3 is 0 Å². The fourth-order valence-electron chi connectivity index (χ4n) is 2.57. The first-order valence-electron chi connectivity index (χ1n) is 8.52. The number of ether oxygens (including phenoxy) is 1. The number of benzene rings is 1. The van der Waals surface area contributed by atoms with Crippen LogP contribution in [0.4, 0.5) is 0 Å². The van der Waals surface area contributed by atoms with Gasteiger partial charge in [-0.1, -0.05) is 23.4 Å². The molecule has 1 aliphatic rings. The van der Waals surface area contributed by atoms with Crippen molar-refractivity contribution in [3.05, 3.63) is 34.6 Å². The molecule has 0 atom stereocenters. The summed E-state index contributed by atoms with van der Waals surface area (Å²) in [6, 6.07) is 4.68. The number of methoxy groups -OCH3 is 1. The third kappa shape index (κ3) is 4.72. The molecule has 0 saturated heterocycles. The maximum Gasteiger partial charge on any atom is 0.273 e. The van der Waals surface area contributed by atoms with Gasteiger partial charge in [0.05, 0.1) is 18.4 Å². The van der Waals surface area contributed by atoms with Gasteiger partial charge in [-0.15, -0.1) is 10.2 Å². The topological polar surface area (TPSA) is 98.1 Å². The lowest BCUT2D eigenvalue weighted by molar-refractivity contribution is -0.119. The Kier molecular flexibility index (Phi) is 6.22. The maximum absolute atomic E-state index is 12.2. The third-order valence-electron chi connectivity index (χ3n) is 4.06. The standard InChI is InChI=1S/C17H20ClN5O3S/c1-3-23-15(10-4-5-10)20-22-17(23)27-9-14(24)19-21-16(25)12-8-11(18)6-7-13(12)26-2/h6-8,10H,3-5,9H2,1-2H3,(H,19,24)(H,21,25). The van der Waals surface area contributed by atoms with E-state index in [4.69, 9.17) is 16.3 Å². The Hall–Kier alpha value is -2.26. The van der Waals surface area contributed by atoms with Crippen molar-refractivity contribution >= 4 is 35.2 Å². The van der Waals surface area contributed by atoms with Gasteiger partial charge in [-0.25, -0.2) is 0 Å². The van der Waals surface area contributed by atoms with Gasteiger partial charge < -0.3 is 9.30 Å². The van der Waals surface area contributed by atoms with Crippen LogP contribution in [0.1, 0.15) is 41.9 Å². The fraction of sp³-hybridized carbons (Fsp3) is 0.412. The number of hydrogen-bond acceptors (Lipinski definition) is 6. The summed E-state index contributed by atoms with van der Waals surface area (Å²) in [5, 5.41) is 9.51. The minimum absolute atomic E-state index is 0.107. The lowest BCUT2D eigenvalue weighted by Gasteiger charge is -2.11. The first-order chi connectivity index (χ1) is 13.0. The van der Waals surface area contributed by atoms with E-state index in [0.717, 1.165) is 25.2 Å². The summed E-state index contributed by atoms with van der Waals surface area (Å²) >= 11 is 7.20. The molecule has 27 heavy (non-hydrogen) atoms. The number of hydrogen-bond donors (Lipinski definition) is 2. The average Bonchev–Trinajstić information content (AvgIpc) is 3.43. The van der Waals surface area contributed by atoms with Crippen LogP contribution in [-0.2, 0) is 11.3 Å². The quantitative estimate of drug-likeness (QED) is 0.538. The number of rotatable bonds is 7. The summed E-state index contributed by atoms with van der Waals surface area (Å²) in [5.41, 5.74) is 4.99. The van der Waals surface area contributed by atoms with Crippen LogP contribution in [0.3, 0.4) is 0 Å². The molecule has 1 fully saturated rings. The van der Waals surface area contributed by atoms with E-state index >= 15 is 0 Å². The van der Waals surface area contributed by atoms with E-state index in [0.29, 0.717) is 21.8 Å². The van der Waals surface area contributed by atoms with Crippen LogP contribution in [0.2, 0.25) is 5.02 Å². The molecule has 0 spiro atoms. The number of carbonyl (C=O) groups excluding carboxylic acids is 2. The minimum Gasteiger partial charge on any atom is -0.496 e. The third-order valence-corrected chi connectivity index (χ3v) is 5.26. The van der Waals surface area contributed by atoms with E-state index < -0.39 is 5.91 Å². The van der Waals surface area contributed by atoms with Crippen LogP contribution in [0.15, 0.2) is 23.4 Å². The summed E-state index contributed by atoms with van der Waals surface area (Å²) in [6.07, 6.45) is 2.28. The van der Waals surface area contributed by atoms with Crippen LogP contribution in [0.25, 0.3) is 0 Å². The molecule has 144 valence electrons. The number of aromatic nitrogens is 3. The van der Waals surface area contributed by atoms with Crippen molar-refractivity contribution in [2.24, 2.45) is 0 Å². The first-order valence-corrected chi connectivity index (χ1v) is 9.88. The van der Waals surface area contributed by atoms with Gasteiger partial charge in [-0.3, -0.25) is 20.4 Å². The van der Waals surface area contributed by atoms with Gasteiger partial charge in [-0.2, -0.15) is 0 Å². The van der Waals surface area contributed by atoms with E-state index in [1.54, 1.807) is 12.1 Å². The van der Waals surface area contributed by atoms with Crippen molar-refractivity contribution < 1.29 is 14.3 Å². The molecule has 1 heterocycles. The van der Waals surface area contributed by atoms with Crippen LogP contribution in [-0.4, -0.2) is 39.4 Å². The zero-order chi connectivity index (χ0) is 19.4. The molecule has 2 amide bonds. The van der Waals surface area contributed by atoms with Gasteiger partial charge in [0.15, 0.2) is 5.16 Å². The second-order valence-corrected chi connectivity index (χ2v) is 7.37. The summed E-state index contributed by atoms with van der Waals surface area (Å²) < 4.78 is 7.16. The number of hydrazine groups is 1. The van der Waals surface area contributed by atoms with Gasteiger partial charge in [-0.05, 0) is 38.0 Å². The van der Waals surface area contributed by atoms with Crippen LogP contribution in [0.5, 0.6) is 5.75 Å². The fourth-order valence-corrected chi connectivity index (χ4v) is 3.55. The van der Waals surface area contributed by atoms with E-state index in [1.807, 2.05) is 11.5 Å². The van der Waals surface area contributed by atoms with Crippen molar-refractivity contribution in [2.75, 3.05) is 12.9 Å². The largest absolute Gasteiger partial charge is 0.496 e. The molecule has 0 unspecified atom stereocenters. The number of nitrogens with zero attached hydrogens (tertiary/aromatic N) is 3. The van der Waals surface area contributed by atoms with Crippen molar-refractivity contribution in [1.29, 1.82) is 0 Å². The molecule has 1 aromatic carbocycles. The molecule has 1 aliphatic carbocycles. The molecule has 1 aromatic heterocycles. The maximum atomic E-state index is 12.2. The van der Waals surface area contributed by atoms with E-state index in [9.17, 15) is 9.59 Å². The zero-order valence-electron chi connectivity index (χ0n) is 15.0. The zero-order valence-corrected chi connectivity index (χ0v) is 16.6. The number of nitrogens with one attached hydrogen (secondary N) is 2. The second kappa shape index (κ2) is 8.62. The number of thioether (sulfide) groups is 1. The molecule has 2 aromatic rings. The molecule has 0 aliphatic heterocycles. The van der Waals surface area contributed by atoms with E-state index in [1.165, 1.54) is 24.9 Å². The SMILES string of the molecule is CCn1c(SCC(=O)NNC(=O)c2cc(Cl)ccc2OC)nnc1C1CC1. The van der Waals surface area contributed by atoms with Gasteiger partial charge in [0.1, 0.15) is 11.6 Å². The van der Waals surface area contributed by atoms with Crippen LogP contribution < -0.4 is 15.6 Å². The summed E-state index contributed by atoms with van der Waals surface area (Å²) in [5.74, 6) is 1.09. The van der Waals surface area contributed by atoms with E-state index in [2.05, 4.69) is 21.0 Å². The summed E-state index contributed by atoms with van der Waals surface area (Å²) in [7, 11) is 1.45. The predicted octanol–water partition coefficient (Wildman–Crippen LogP) is 2.39. The first kappa shape index (κ1) is 19.5. The van der Waals surface area contributed by atoms with Crippen molar-refractivity contribution in [1.82, 2.24) is 25.6 Å². The van der Waals surface area contributed by atoms with Crippen molar-refractivity contribution in [2.45, 2.75) is 37.4 Å². The highest BCUT2D eigenvalue weighted by Crippen LogP contribution is 2.39. The smallest absolute Gasteiger partial charge is 0.273 e. The highest BCUT2D eigenvalue weighted by atomic mass is 35.5. The highest BCUT2D eigenvalue weighted by Gasteiger charge is 2.30. The summed E-state index contributed by atoms with van der Waals surface area (Å²) in [6.45, 7) is 2.78. The Morgan fingerprint density at radius 3 is 2.78 bits per heavy atom. The molecule has 3 rings (SSSR count). The van der Waals surface area contributed by atoms with E-state index in [-0.39, 0.29) is 17.2 Å². The van der Waals surface area contributed by atoms with Crippen LogP contribution in [0, 0.1) is 0 Å².